The van der Waals surface area contributed by atoms with Crippen molar-refractivity contribution in [3.63, 3.8) is 0 Å². The van der Waals surface area contributed by atoms with Crippen molar-refractivity contribution in [2.75, 3.05) is 6.61 Å². The van der Waals surface area contributed by atoms with E-state index in [0.29, 0.717) is 19.3 Å². The first kappa shape index (κ1) is 15.4. The first-order valence-electron chi connectivity index (χ1n) is 7.22. The highest BCUT2D eigenvalue weighted by atomic mass is 16.5. The van der Waals surface area contributed by atoms with Gasteiger partial charge in [-0.1, -0.05) is 31.5 Å². The van der Waals surface area contributed by atoms with Crippen LogP contribution >= 0.6 is 0 Å². The van der Waals surface area contributed by atoms with Gasteiger partial charge in [-0.05, 0) is 31.4 Å². The van der Waals surface area contributed by atoms with Gasteiger partial charge in [-0.25, -0.2) is 4.79 Å². The normalized spacial score (nSPS) is 19.8. The van der Waals surface area contributed by atoms with E-state index in [0.717, 1.165) is 11.3 Å². The van der Waals surface area contributed by atoms with Crippen LogP contribution in [0, 0.1) is 5.92 Å². The van der Waals surface area contributed by atoms with E-state index in [1.807, 2.05) is 31.2 Å². The van der Waals surface area contributed by atoms with Crippen molar-refractivity contribution in [2.45, 2.75) is 38.6 Å². The summed E-state index contributed by atoms with van der Waals surface area (Å²) in [5.41, 5.74) is -0.237. The SMILES string of the molecule is CCCC(C)(NC(=O)C1COc2ccccc2C1)C(=O)O. The Labute approximate surface area is 124 Å². The van der Waals surface area contributed by atoms with Crippen molar-refractivity contribution in [3.05, 3.63) is 29.8 Å². The first-order valence-corrected chi connectivity index (χ1v) is 7.22. The summed E-state index contributed by atoms with van der Waals surface area (Å²) in [7, 11) is 0. The summed E-state index contributed by atoms with van der Waals surface area (Å²) in [5.74, 6) is -0.816. The maximum atomic E-state index is 12.3. The van der Waals surface area contributed by atoms with E-state index >= 15 is 0 Å². The molecule has 0 spiro atoms. The predicted octanol–water partition coefficient (Wildman–Crippen LogP) is 2.00. The Bertz CT molecular complexity index is 543. The molecule has 0 saturated heterocycles. The minimum Gasteiger partial charge on any atom is -0.492 e. The molecule has 1 aliphatic heterocycles. The number of aliphatic carboxylic acids is 1. The van der Waals surface area contributed by atoms with Gasteiger partial charge in [-0.3, -0.25) is 4.79 Å². The van der Waals surface area contributed by atoms with Crippen LogP contribution in [0.15, 0.2) is 24.3 Å². The van der Waals surface area contributed by atoms with Crippen molar-refractivity contribution in [1.29, 1.82) is 0 Å². The van der Waals surface area contributed by atoms with Crippen LogP contribution in [0.3, 0.4) is 0 Å². The lowest BCUT2D eigenvalue weighted by Crippen LogP contribution is -2.54. The number of ether oxygens (including phenoxy) is 1. The van der Waals surface area contributed by atoms with Crippen molar-refractivity contribution in [1.82, 2.24) is 5.32 Å². The average Bonchev–Trinajstić information content (AvgIpc) is 2.46. The molecule has 2 unspecified atom stereocenters. The zero-order valence-electron chi connectivity index (χ0n) is 12.4. The van der Waals surface area contributed by atoms with Gasteiger partial charge in [0.2, 0.25) is 5.91 Å². The summed E-state index contributed by atoms with van der Waals surface area (Å²) in [5, 5.41) is 12.0. The fourth-order valence-electron chi connectivity index (χ4n) is 2.59. The standard InChI is InChI=1S/C16H21NO4/c1-3-8-16(2,15(19)20)17-14(18)12-9-11-6-4-5-7-13(11)21-10-12/h4-7,12H,3,8-10H2,1-2H3,(H,17,18)(H,19,20). The van der Waals surface area contributed by atoms with Gasteiger partial charge in [-0.2, -0.15) is 0 Å². The monoisotopic (exact) mass is 291 g/mol. The van der Waals surface area contributed by atoms with Crippen LogP contribution in [-0.4, -0.2) is 29.1 Å². The van der Waals surface area contributed by atoms with Crippen molar-refractivity contribution in [2.24, 2.45) is 5.92 Å². The molecule has 1 amide bonds. The molecule has 1 aromatic rings. The average molecular weight is 291 g/mol. The van der Waals surface area contributed by atoms with Gasteiger partial charge < -0.3 is 15.2 Å². The highest BCUT2D eigenvalue weighted by Crippen LogP contribution is 2.27. The zero-order valence-corrected chi connectivity index (χ0v) is 12.4. The molecule has 1 heterocycles. The number of carbonyl (C=O) groups excluding carboxylic acids is 1. The number of fused-ring (bicyclic) bond motifs is 1. The van der Waals surface area contributed by atoms with Crippen LogP contribution in [0.2, 0.25) is 0 Å². The summed E-state index contributed by atoms with van der Waals surface area (Å²) in [6.07, 6.45) is 1.66. The number of amides is 1. The Hall–Kier alpha value is -2.04. The first-order chi connectivity index (χ1) is 9.96. The number of nitrogens with one attached hydrogen (secondary N) is 1. The number of carbonyl (C=O) groups is 2. The second-order valence-corrected chi connectivity index (χ2v) is 5.70. The van der Waals surface area contributed by atoms with E-state index in [1.165, 1.54) is 0 Å². The third kappa shape index (κ3) is 3.35. The number of para-hydroxylation sites is 1. The Kier molecular flexibility index (Phi) is 4.50. The fourth-order valence-corrected chi connectivity index (χ4v) is 2.59. The van der Waals surface area contributed by atoms with Crippen LogP contribution in [0.4, 0.5) is 0 Å². The molecule has 2 N–H and O–H groups in total. The smallest absolute Gasteiger partial charge is 0.329 e. The molecule has 5 heteroatoms. The third-order valence-electron chi connectivity index (χ3n) is 3.87. The minimum atomic E-state index is -1.22. The van der Waals surface area contributed by atoms with Crippen molar-refractivity contribution >= 4 is 11.9 Å². The second kappa shape index (κ2) is 6.16. The van der Waals surface area contributed by atoms with Gasteiger partial charge in [0.25, 0.3) is 0 Å². The van der Waals surface area contributed by atoms with Crippen LogP contribution in [0.25, 0.3) is 0 Å². The van der Waals surface area contributed by atoms with Crippen LogP contribution in [0.1, 0.15) is 32.3 Å². The van der Waals surface area contributed by atoms with E-state index in [4.69, 9.17) is 4.74 Å². The molecular weight excluding hydrogens is 270 g/mol. The quantitative estimate of drug-likeness (QED) is 0.870. The van der Waals surface area contributed by atoms with E-state index < -0.39 is 11.5 Å². The summed E-state index contributed by atoms with van der Waals surface area (Å²) in [6, 6.07) is 7.60. The largest absolute Gasteiger partial charge is 0.492 e. The molecule has 0 radical (unpaired) electrons. The molecule has 0 bridgehead atoms. The molecule has 0 aromatic heterocycles. The number of hydrogen-bond donors (Lipinski definition) is 2. The molecular formula is C16H21NO4. The Morgan fingerprint density at radius 3 is 2.81 bits per heavy atom. The topological polar surface area (TPSA) is 75.6 Å². The van der Waals surface area contributed by atoms with E-state index in [2.05, 4.69) is 5.32 Å². The van der Waals surface area contributed by atoms with Crippen molar-refractivity contribution < 1.29 is 19.4 Å². The van der Waals surface area contributed by atoms with E-state index in [-0.39, 0.29) is 18.4 Å². The highest BCUT2D eigenvalue weighted by Gasteiger charge is 2.36. The minimum absolute atomic E-state index is 0.261. The fraction of sp³-hybridized carbons (Fsp3) is 0.500. The molecule has 2 atom stereocenters. The number of carboxylic acids is 1. The number of benzene rings is 1. The third-order valence-corrected chi connectivity index (χ3v) is 3.87. The Morgan fingerprint density at radius 1 is 1.43 bits per heavy atom. The summed E-state index contributed by atoms with van der Waals surface area (Å²) in [4.78, 5) is 23.7. The molecule has 0 aliphatic carbocycles. The van der Waals surface area contributed by atoms with Gasteiger partial charge in [-0.15, -0.1) is 0 Å². The summed E-state index contributed by atoms with van der Waals surface area (Å²) >= 11 is 0. The van der Waals surface area contributed by atoms with Crippen LogP contribution in [0.5, 0.6) is 5.75 Å². The second-order valence-electron chi connectivity index (χ2n) is 5.70. The molecule has 5 nitrogen and oxygen atoms in total. The van der Waals surface area contributed by atoms with Crippen LogP contribution < -0.4 is 10.1 Å². The van der Waals surface area contributed by atoms with E-state index in [1.54, 1.807) is 6.92 Å². The van der Waals surface area contributed by atoms with Crippen LogP contribution in [-0.2, 0) is 16.0 Å². The van der Waals surface area contributed by atoms with Crippen molar-refractivity contribution in [3.8, 4) is 5.75 Å². The zero-order chi connectivity index (χ0) is 15.5. The molecule has 1 aliphatic rings. The molecule has 21 heavy (non-hydrogen) atoms. The lowest BCUT2D eigenvalue weighted by atomic mass is 9.92. The van der Waals surface area contributed by atoms with Gasteiger partial charge in [0, 0.05) is 0 Å². The molecule has 114 valence electrons. The summed E-state index contributed by atoms with van der Waals surface area (Å²) < 4.78 is 5.58. The number of rotatable bonds is 5. The van der Waals surface area contributed by atoms with Gasteiger partial charge in [0.1, 0.15) is 17.9 Å². The van der Waals surface area contributed by atoms with Gasteiger partial charge in [0.15, 0.2) is 0 Å². The molecule has 0 fully saturated rings. The molecule has 0 saturated carbocycles. The number of hydrogen-bond acceptors (Lipinski definition) is 3. The predicted molar refractivity (Wildman–Crippen MR) is 78.2 cm³/mol. The van der Waals surface area contributed by atoms with E-state index in [9.17, 15) is 14.7 Å². The maximum absolute atomic E-state index is 12.3. The Morgan fingerprint density at radius 2 is 2.14 bits per heavy atom. The lowest BCUT2D eigenvalue weighted by Gasteiger charge is -2.30. The summed E-state index contributed by atoms with van der Waals surface area (Å²) in [6.45, 7) is 3.73. The van der Waals surface area contributed by atoms with Gasteiger partial charge in [0.05, 0.1) is 5.92 Å². The lowest BCUT2D eigenvalue weighted by molar-refractivity contribution is -0.148. The molecule has 1 aromatic carbocycles. The molecule has 2 rings (SSSR count). The maximum Gasteiger partial charge on any atom is 0.329 e. The van der Waals surface area contributed by atoms with Gasteiger partial charge >= 0.3 is 5.97 Å². The number of carboxylic acid groups (broad SMARTS) is 1. The highest BCUT2D eigenvalue weighted by molar-refractivity contribution is 5.88. The Balaban J connectivity index is 2.06.